The zero-order chi connectivity index (χ0) is 13.5. The second-order valence-electron chi connectivity index (χ2n) is 5.09. The van der Waals surface area contributed by atoms with E-state index in [2.05, 4.69) is 13.5 Å². The van der Waals surface area contributed by atoms with Crippen LogP contribution in [-0.2, 0) is 0 Å². The zero-order valence-corrected chi connectivity index (χ0v) is 12.5. The molecular weight excluding hydrogens is 347 g/mol. The van der Waals surface area contributed by atoms with Gasteiger partial charge in [0.25, 0.3) is 5.56 Å². The van der Waals surface area contributed by atoms with Gasteiger partial charge in [0, 0.05) is 5.57 Å². The summed E-state index contributed by atoms with van der Waals surface area (Å²) in [5.74, 6) is 0.0518. The first-order chi connectivity index (χ1) is 8.34. The number of quaternary nitrogens is 1. The number of anilines is 1. The van der Waals surface area contributed by atoms with E-state index in [4.69, 9.17) is 0 Å². The van der Waals surface area contributed by atoms with E-state index in [0.29, 0.717) is 11.6 Å². The Balaban J connectivity index is 2.74. The molecule has 0 atom stereocenters. The van der Waals surface area contributed by atoms with E-state index in [0.717, 1.165) is 5.57 Å². The van der Waals surface area contributed by atoms with E-state index < -0.39 is 5.56 Å². The first kappa shape index (κ1) is 13.2. The van der Waals surface area contributed by atoms with Crippen molar-refractivity contribution in [3.8, 4) is 0 Å². The minimum atomic E-state index is -0.407. The van der Waals surface area contributed by atoms with Crippen LogP contribution in [0.2, 0.25) is 0 Å². The van der Waals surface area contributed by atoms with Gasteiger partial charge in [0.2, 0.25) is 5.95 Å². The van der Waals surface area contributed by atoms with Crippen LogP contribution in [-0.4, -0.2) is 15.9 Å². The molecule has 6 nitrogen and oxygen atoms in total. The van der Waals surface area contributed by atoms with Crippen LogP contribution in [0.3, 0.4) is 0 Å². The van der Waals surface area contributed by atoms with Gasteiger partial charge in [0.1, 0.15) is 6.20 Å². The molecule has 0 spiro atoms. The fourth-order valence-electron chi connectivity index (χ4n) is 1.87. The maximum Gasteiger partial charge on any atom is 0.355 e. The van der Waals surface area contributed by atoms with Crippen LogP contribution in [0.4, 0.5) is 5.95 Å². The summed E-state index contributed by atoms with van der Waals surface area (Å²) in [4.78, 5) is 30.6. The van der Waals surface area contributed by atoms with E-state index >= 15 is 0 Å². The normalized spacial score (nSPS) is 15.1. The van der Waals surface area contributed by atoms with Crippen LogP contribution >= 0.6 is 22.9 Å². The molecule has 0 fully saturated rings. The number of carbonyl (C=O) groups excluding carboxylic acids is 1. The first-order valence-corrected chi connectivity index (χ1v) is 6.53. The summed E-state index contributed by atoms with van der Waals surface area (Å²) in [7, 11) is 0. The Morgan fingerprint density at radius 2 is 2.06 bits per heavy atom. The van der Waals surface area contributed by atoms with Gasteiger partial charge in [0.15, 0.2) is 5.56 Å². The molecule has 0 unspecified atom stereocenters. The Bertz CT molecular complexity index is 598. The molecule has 1 aromatic rings. The Labute approximate surface area is 118 Å². The van der Waals surface area contributed by atoms with Gasteiger partial charge in [-0.3, -0.25) is 18.6 Å². The molecule has 1 aliphatic rings. The Morgan fingerprint density at radius 1 is 1.39 bits per heavy atom. The second kappa shape index (κ2) is 4.47. The SMILES string of the molecule is CC(C)(C)C1=C[NH2+]C(=O)c2c1nc(NI)[nH]c2=O. The molecule has 18 heavy (non-hydrogen) atoms. The number of carbonyl (C=O) groups is 1. The highest BCUT2D eigenvalue weighted by Crippen LogP contribution is 2.34. The molecule has 0 aromatic carbocycles. The van der Waals surface area contributed by atoms with Crippen LogP contribution in [0.5, 0.6) is 0 Å². The summed E-state index contributed by atoms with van der Waals surface area (Å²) in [6.07, 6.45) is 1.74. The maximum atomic E-state index is 11.9. The molecular formula is C11H14IN4O2+. The van der Waals surface area contributed by atoms with Gasteiger partial charge >= 0.3 is 5.91 Å². The number of amides is 1. The molecule has 1 amide bonds. The highest BCUT2D eigenvalue weighted by Gasteiger charge is 2.34. The molecule has 0 aliphatic carbocycles. The number of aromatic nitrogens is 2. The van der Waals surface area contributed by atoms with Crippen LogP contribution < -0.4 is 14.4 Å². The molecule has 7 heteroatoms. The highest BCUT2D eigenvalue weighted by atomic mass is 127. The van der Waals surface area contributed by atoms with Crippen molar-refractivity contribution in [2.24, 2.45) is 5.41 Å². The van der Waals surface area contributed by atoms with Gasteiger partial charge in [-0.15, -0.1) is 0 Å². The number of nitrogens with zero attached hydrogens (tertiary/aromatic N) is 1. The van der Waals surface area contributed by atoms with E-state index in [1.165, 1.54) is 5.32 Å². The Morgan fingerprint density at radius 3 is 2.61 bits per heavy atom. The van der Waals surface area contributed by atoms with Gasteiger partial charge < -0.3 is 0 Å². The number of rotatable bonds is 1. The largest absolute Gasteiger partial charge is 0.355 e. The fourth-order valence-corrected chi connectivity index (χ4v) is 2.12. The smallest absolute Gasteiger partial charge is 0.298 e. The van der Waals surface area contributed by atoms with Gasteiger partial charge in [-0.05, 0) is 5.41 Å². The van der Waals surface area contributed by atoms with Gasteiger partial charge in [-0.1, -0.05) is 20.8 Å². The van der Waals surface area contributed by atoms with Crippen molar-refractivity contribution in [3.05, 3.63) is 27.8 Å². The lowest BCUT2D eigenvalue weighted by molar-refractivity contribution is -0.481. The summed E-state index contributed by atoms with van der Waals surface area (Å²) >= 11 is 1.88. The lowest BCUT2D eigenvalue weighted by Gasteiger charge is -2.24. The minimum absolute atomic E-state index is 0.123. The van der Waals surface area contributed by atoms with E-state index in [-0.39, 0.29) is 16.9 Å². The van der Waals surface area contributed by atoms with Crippen LogP contribution in [0.15, 0.2) is 11.0 Å². The van der Waals surface area contributed by atoms with E-state index in [9.17, 15) is 9.59 Å². The molecule has 2 heterocycles. The fraction of sp³-hybridized carbons (Fsp3) is 0.364. The molecule has 1 aliphatic heterocycles. The molecule has 0 bridgehead atoms. The highest BCUT2D eigenvalue weighted by molar-refractivity contribution is 14.1. The molecule has 0 radical (unpaired) electrons. The van der Waals surface area contributed by atoms with Crippen molar-refractivity contribution >= 4 is 40.3 Å². The zero-order valence-electron chi connectivity index (χ0n) is 10.3. The van der Waals surface area contributed by atoms with Crippen molar-refractivity contribution in [1.82, 2.24) is 9.97 Å². The molecule has 4 N–H and O–H groups in total. The number of aromatic amines is 1. The van der Waals surface area contributed by atoms with Crippen LogP contribution in [0.25, 0.3) is 5.57 Å². The van der Waals surface area contributed by atoms with Gasteiger partial charge in [0.05, 0.1) is 28.6 Å². The lowest BCUT2D eigenvalue weighted by Crippen LogP contribution is -2.84. The molecule has 0 saturated heterocycles. The third kappa shape index (κ3) is 2.19. The van der Waals surface area contributed by atoms with Crippen LogP contribution in [0, 0.1) is 5.41 Å². The van der Waals surface area contributed by atoms with Crippen molar-refractivity contribution < 1.29 is 10.1 Å². The average molecular weight is 361 g/mol. The minimum Gasteiger partial charge on any atom is -0.298 e. The number of primary amides is 1. The summed E-state index contributed by atoms with van der Waals surface area (Å²) < 4.78 is 2.76. The topological polar surface area (TPSA) is 91.5 Å². The molecule has 2 rings (SSSR count). The lowest BCUT2D eigenvalue weighted by atomic mass is 9.82. The monoisotopic (exact) mass is 361 g/mol. The number of H-pyrrole nitrogens is 1. The van der Waals surface area contributed by atoms with Crippen molar-refractivity contribution in [2.75, 3.05) is 3.53 Å². The van der Waals surface area contributed by atoms with Crippen LogP contribution in [0.1, 0.15) is 36.8 Å². The van der Waals surface area contributed by atoms with Gasteiger partial charge in [-0.25, -0.2) is 9.78 Å². The third-order valence-electron chi connectivity index (χ3n) is 2.72. The third-order valence-corrected chi connectivity index (χ3v) is 3.23. The Kier molecular flexibility index (Phi) is 3.28. The Hall–Kier alpha value is -1.22. The predicted molar refractivity (Wildman–Crippen MR) is 76.2 cm³/mol. The van der Waals surface area contributed by atoms with E-state index in [1.54, 1.807) is 6.20 Å². The molecule has 1 aromatic heterocycles. The number of halogens is 1. The first-order valence-electron chi connectivity index (χ1n) is 5.46. The standard InChI is InChI=1S/C11H13IN4O2/c1-11(2,3)5-4-13-8(17)6-7(5)14-10(16-12)15-9(6)18/h4H,1-3H3,(H,13,17)(H2,14,15,16,18)/p+1. The number of nitrogens with one attached hydrogen (secondary N) is 2. The van der Waals surface area contributed by atoms with Crippen molar-refractivity contribution in [3.63, 3.8) is 0 Å². The van der Waals surface area contributed by atoms with Crippen molar-refractivity contribution in [2.45, 2.75) is 20.8 Å². The molecule has 96 valence electrons. The number of allylic oxidation sites excluding steroid dienone is 1. The summed E-state index contributed by atoms with van der Waals surface area (Å²) in [6.45, 7) is 6.06. The maximum absolute atomic E-state index is 11.9. The predicted octanol–water partition coefficient (Wildman–Crippen LogP) is 0.636. The number of nitrogens with two attached hydrogens (primary N) is 1. The molecule has 0 saturated carbocycles. The second-order valence-corrected chi connectivity index (χ2v) is 5.63. The number of fused-ring (bicyclic) bond motifs is 1. The summed E-state index contributed by atoms with van der Waals surface area (Å²) in [5.41, 5.74) is 0.886. The number of hydrogen-bond acceptors (Lipinski definition) is 4. The summed E-state index contributed by atoms with van der Waals surface area (Å²) in [6, 6.07) is 0. The van der Waals surface area contributed by atoms with Crippen molar-refractivity contribution in [1.29, 1.82) is 0 Å². The summed E-state index contributed by atoms with van der Waals surface area (Å²) in [5, 5.41) is 1.43. The average Bonchev–Trinajstić information content (AvgIpc) is 2.26. The van der Waals surface area contributed by atoms with Gasteiger partial charge in [-0.2, -0.15) is 0 Å². The quantitative estimate of drug-likeness (QED) is 0.506. The number of hydrogen-bond donors (Lipinski definition) is 3. The van der Waals surface area contributed by atoms with E-state index in [1.807, 2.05) is 43.6 Å².